The lowest BCUT2D eigenvalue weighted by Crippen LogP contribution is -2.47. The Hall–Kier alpha value is -5.31. The smallest absolute Gasteiger partial charge is 0.407 e. The molecule has 0 aromatic heterocycles. The van der Waals surface area contributed by atoms with Crippen molar-refractivity contribution in [3.63, 3.8) is 0 Å². The number of fused-ring (bicyclic) bond motifs is 3. The number of nitrogens with zero attached hydrogens (tertiary/aromatic N) is 2. The van der Waals surface area contributed by atoms with E-state index >= 15 is 0 Å². The van der Waals surface area contributed by atoms with Crippen molar-refractivity contribution >= 4 is 35.4 Å². The molecule has 3 aliphatic heterocycles. The van der Waals surface area contributed by atoms with Crippen LogP contribution in [-0.2, 0) is 26.3 Å². The van der Waals surface area contributed by atoms with Crippen molar-refractivity contribution in [2.24, 2.45) is 0 Å². The van der Waals surface area contributed by atoms with E-state index in [1.54, 1.807) is 0 Å². The molecule has 3 heterocycles. The van der Waals surface area contributed by atoms with Gasteiger partial charge in [-0.05, 0) is 78.7 Å². The molecule has 258 valence electrons. The Balaban J connectivity index is 0.994. The Morgan fingerprint density at radius 3 is 2.62 bits per heavy atom. The molecule has 9 heteroatoms. The lowest BCUT2D eigenvalue weighted by molar-refractivity contribution is -0.135. The number of rotatable bonds is 8. The molecule has 3 aromatic rings. The second-order valence-corrected chi connectivity index (χ2v) is 14.0. The number of likely N-dealkylation sites (tertiary alicyclic amines) is 1. The van der Waals surface area contributed by atoms with Gasteiger partial charge in [0, 0.05) is 42.0 Å². The molecule has 3 amide bonds. The number of carbonyl (C=O) groups is 3. The molecule has 0 spiro atoms. The molecule has 7 rings (SSSR count). The SMILES string of the molecule is CN1c2ccccc2C(C)(C)C1/C=C/C1=C2Oc3cc(NC(=O)C4CCCN4C(=O)CNC(=O)OCc4ccccc4)ccc3C=C2CCC1. The van der Waals surface area contributed by atoms with Crippen LogP contribution in [0.1, 0.15) is 62.6 Å². The monoisotopic (exact) mass is 672 g/mol. The molecule has 0 saturated carbocycles. The van der Waals surface area contributed by atoms with E-state index < -0.39 is 12.1 Å². The number of ether oxygens (including phenoxy) is 2. The van der Waals surface area contributed by atoms with Gasteiger partial charge in [-0.25, -0.2) is 4.79 Å². The third kappa shape index (κ3) is 6.64. The summed E-state index contributed by atoms with van der Waals surface area (Å²) in [6.07, 6.45) is 10.3. The van der Waals surface area contributed by atoms with Gasteiger partial charge in [0.15, 0.2) is 0 Å². The van der Waals surface area contributed by atoms with Crippen molar-refractivity contribution in [3.05, 3.63) is 119 Å². The van der Waals surface area contributed by atoms with Gasteiger partial charge in [0.25, 0.3) is 0 Å². The van der Waals surface area contributed by atoms with Crippen LogP contribution in [0.2, 0.25) is 0 Å². The summed E-state index contributed by atoms with van der Waals surface area (Å²) in [6, 6.07) is 23.2. The van der Waals surface area contributed by atoms with Crippen LogP contribution in [0, 0.1) is 0 Å². The van der Waals surface area contributed by atoms with Crippen molar-refractivity contribution in [2.45, 2.75) is 70.1 Å². The Morgan fingerprint density at radius 1 is 1.00 bits per heavy atom. The third-order valence-corrected chi connectivity index (χ3v) is 10.4. The van der Waals surface area contributed by atoms with Crippen LogP contribution in [0.5, 0.6) is 5.75 Å². The van der Waals surface area contributed by atoms with Gasteiger partial charge in [-0.1, -0.05) is 74.5 Å². The van der Waals surface area contributed by atoms with Crippen LogP contribution in [0.3, 0.4) is 0 Å². The van der Waals surface area contributed by atoms with E-state index in [1.165, 1.54) is 27.3 Å². The summed E-state index contributed by atoms with van der Waals surface area (Å²) in [6.45, 7) is 4.92. The first-order valence-corrected chi connectivity index (χ1v) is 17.5. The Bertz CT molecular complexity index is 1900. The second-order valence-electron chi connectivity index (χ2n) is 14.0. The minimum absolute atomic E-state index is 0.0298. The number of likely N-dealkylation sites (N-methyl/N-ethyl adjacent to an activating group) is 1. The highest BCUT2D eigenvalue weighted by molar-refractivity contribution is 5.98. The number of nitrogens with one attached hydrogen (secondary N) is 2. The van der Waals surface area contributed by atoms with E-state index in [0.717, 1.165) is 36.1 Å². The lowest BCUT2D eigenvalue weighted by Gasteiger charge is -2.30. The number of carbonyl (C=O) groups excluding carboxylic acids is 3. The topological polar surface area (TPSA) is 100 Å². The molecule has 1 aliphatic carbocycles. The molecule has 2 unspecified atom stereocenters. The fourth-order valence-electron chi connectivity index (χ4n) is 7.73. The zero-order valence-corrected chi connectivity index (χ0v) is 28.9. The van der Waals surface area contributed by atoms with Crippen molar-refractivity contribution in [1.29, 1.82) is 0 Å². The summed E-state index contributed by atoms with van der Waals surface area (Å²) in [5, 5.41) is 5.53. The zero-order chi connectivity index (χ0) is 34.8. The molecular formula is C41H44N4O5. The molecule has 1 fully saturated rings. The molecule has 2 atom stereocenters. The predicted octanol–water partition coefficient (Wildman–Crippen LogP) is 7.11. The fourth-order valence-corrected chi connectivity index (χ4v) is 7.73. The highest BCUT2D eigenvalue weighted by atomic mass is 16.5. The van der Waals surface area contributed by atoms with E-state index in [1.807, 2.05) is 48.5 Å². The number of anilines is 2. The molecular weight excluding hydrogens is 628 g/mol. The fraction of sp³-hybridized carbons (Fsp3) is 0.341. The molecule has 1 saturated heterocycles. The maximum Gasteiger partial charge on any atom is 0.407 e. The van der Waals surface area contributed by atoms with Crippen molar-refractivity contribution in [2.75, 3.05) is 30.4 Å². The summed E-state index contributed by atoms with van der Waals surface area (Å²) in [4.78, 5) is 42.6. The summed E-state index contributed by atoms with van der Waals surface area (Å²) in [5.41, 5.74) is 7.41. The molecule has 0 radical (unpaired) electrons. The number of para-hydroxylation sites is 1. The quantitative estimate of drug-likeness (QED) is 0.265. The van der Waals surface area contributed by atoms with Gasteiger partial charge in [0.2, 0.25) is 11.8 Å². The lowest BCUT2D eigenvalue weighted by atomic mass is 9.80. The number of hydrogen-bond donors (Lipinski definition) is 2. The number of alkyl carbamates (subject to hydrolysis) is 1. The number of benzene rings is 3. The van der Waals surface area contributed by atoms with Gasteiger partial charge in [-0.3, -0.25) is 9.59 Å². The van der Waals surface area contributed by atoms with E-state index in [-0.39, 0.29) is 36.4 Å². The molecule has 9 nitrogen and oxygen atoms in total. The molecule has 3 aromatic carbocycles. The Labute approximate surface area is 293 Å². The summed E-state index contributed by atoms with van der Waals surface area (Å²) in [5.74, 6) is 1.00. The van der Waals surface area contributed by atoms with E-state index in [2.05, 4.69) is 78.9 Å². The van der Waals surface area contributed by atoms with Gasteiger partial charge in [0.1, 0.15) is 30.7 Å². The van der Waals surface area contributed by atoms with E-state index in [0.29, 0.717) is 30.8 Å². The second kappa shape index (κ2) is 13.9. The average Bonchev–Trinajstić information content (AvgIpc) is 3.70. The van der Waals surface area contributed by atoms with Crippen molar-refractivity contribution < 1.29 is 23.9 Å². The standard InChI is InChI=1S/C41H44N4O5/c1-41(2)32-15-7-8-16-33(32)44(3)36(41)21-19-28-13-9-14-30-23-29-18-20-31(24-35(29)50-38(28)30)43-39(47)34-17-10-22-45(34)37(46)25-42-40(48)49-26-27-11-5-4-6-12-27/h4-8,11-12,15-16,18-21,23-24,34,36H,9-10,13-14,17,22,25-26H2,1-3H3,(H,42,48)(H,43,47)/b21-19+. The normalized spacial score (nSPS) is 20.4. The van der Waals surface area contributed by atoms with E-state index in [9.17, 15) is 14.4 Å². The molecule has 50 heavy (non-hydrogen) atoms. The summed E-state index contributed by atoms with van der Waals surface area (Å²) >= 11 is 0. The molecule has 4 aliphatic rings. The highest BCUT2D eigenvalue weighted by Gasteiger charge is 2.41. The Morgan fingerprint density at radius 2 is 1.80 bits per heavy atom. The Kier molecular flexibility index (Phi) is 9.23. The van der Waals surface area contributed by atoms with Crippen LogP contribution in [0.4, 0.5) is 16.2 Å². The van der Waals surface area contributed by atoms with Crippen LogP contribution in [-0.4, -0.2) is 55.0 Å². The van der Waals surface area contributed by atoms with Gasteiger partial charge in [-0.2, -0.15) is 0 Å². The van der Waals surface area contributed by atoms with Crippen molar-refractivity contribution in [3.8, 4) is 5.75 Å². The maximum absolute atomic E-state index is 13.5. The van der Waals surface area contributed by atoms with Gasteiger partial charge < -0.3 is 29.9 Å². The van der Waals surface area contributed by atoms with Crippen molar-refractivity contribution in [1.82, 2.24) is 10.2 Å². The number of allylic oxidation sites excluding steroid dienone is 3. The van der Waals surface area contributed by atoms with Gasteiger partial charge >= 0.3 is 6.09 Å². The van der Waals surface area contributed by atoms with Crippen LogP contribution < -0.4 is 20.3 Å². The van der Waals surface area contributed by atoms with Gasteiger partial charge in [0.05, 0.1) is 6.04 Å². The molecule has 0 bridgehead atoms. The van der Waals surface area contributed by atoms with E-state index in [4.69, 9.17) is 9.47 Å². The largest absolute Gasteiger partial charge is 0.456 e. The summed E-state index contributed by atoms with van der Waals surface area (Å²) < 4.78 is 11.8. The van der Waals surface area contributed by atoms with Crippen LogP contribution >= 0.6 is 0 Å². The highest BCUT2D eigenvalue weighted by Crippen LogP contribution is 2.45. The first-order valence-electron chi connectivity index (χ1n) is 17.5. The van der Waals surface area contributed by atoms with Crippen LogP contribution in [0.25, 0.3) is 6.08 Å². The third-order valence-electron chi connectivity index (χ3n) is 10.4. The minimum atomic E-state index is -0.680. The first kappa shape index (κ1) is 33.2. The summed E-state index contributed by atoms with van der Waals surface area (Å²) in [7, 11) is 2.16. The van der Waals surface area contributed by atoms with Gasteiger partial charge in [-0.15, -0.1) is 0 Å². The number of amides is 3. The molecule has 2 N–H and O–H groups in total. The minimum Gasteiger partial charge on any atom is -0.456 e. The maximum atomic E-state index is 13.5. The average molecular weight is 673 g/mol. The predicted molar refractivity (Wildman–Crippen MR) is 195 cm³/mol. The van der Waals surface area contributed by atoms with Crippen LogP contribution in [0.15, 0.2) is 102 Å². The first-order chi connectivity index (χ1) is 24.2. The zero-order valence-electron chi connectivity index (χ0n) is 28.9. The number of hydrogen-bond acceptors (Lipinski definition) is 6.